The number of aromatic amines is 1. The van der Waals surface area contributed by atoms with Crippen molar-refractivity contribution in [3.05, 3.63) is 28.9 Å². The van der Waals surface area contributed by atoms with Crippen molar-refractivity contribution in [3.63, 3.8) is 0 Å². The number of hydrogen-bond acceptors (Lipinski definition) is 2. The summed E-state index contributed by atoms with van der Waals surface area (Å²) in [5, 5.41) is 1.47. The standard InChI is InChI=1S/C12H12ClN3O/c1-16(2)7-14-12-9-5-8(13)3-4-10(9)15-11(12)6-17/h3-7,15H,1-2H3. The van der Waals surface area contributed by atoms with Gasteiger partial charge in [-0.2, -0.15) is 0 Å². The summed E-state index contributed by atoms with van der Waals surface area (Å²) in [5.74, 6) is 0. The monoisotopic (exact) mass is 249 g/mol. The Morgan fingerprint density at radius 1 is 1.41 bits per heavy atom. The van der Waals surface area contributed by atoms with Gasteiger partial charge in [0.05, 0.1) is 6.34 Å². The molecule has 0 atom stereocenters. The highest BCUT2D eigenvalue weighted by Crippen LogP contribution is 2.31. The van der Waals surface area contributed by atoms with Crippen molar-refractivity contribution in [2.24, 2.45) is 4.99 Å². The van der Waals surface area contributed by atoms with E-state index in [-0.39, 0.29) is 0 Å². The van der Waals surface area contributed by atoms with Gasteiger partial charge in [-0.25, -0.2) is 4.99 Å². The number of benzene rings is 1. The van der Waals surface area contributed by atoms with Crippen LogP contribution in [0.3, 0.4) is 0 Å². The van der Waals surface area contributed by atoms with Gasteiger partial charge in [0.15, 0.2) is 6.29 Å². The molecule has 1 aromatic carbocycles. The van der Waals surface area contributed by atoms with Crippen LogP contribution in [0.5, 0.6) is 0 Å². The summed E-state index contributed by atoms with van der Waals surface area (Å²) in [5.41, 5.74) is 1.92. The average Bonchev–Trinajstić information content (AvgIpc) is 2.63. The number of halogens is 1. The minimum absolute atomic E-state index is 0.459. The molecule has 1 N–H and O–H groups in total. The van der Waals surface area contributed by atoms with Crippen LogP contribution in [0, 0.1) is 0 Å². The van der Waals surface area contributed by atoms with Crippen LogP contribution in [0.2, 0.25) is 5.02 Å². The Kier molecular flexibility index (Phi) is 3.15. The smallest absolute Gasteiger partial charge is 0.168 e. The normalized spacial score (nSPS) is 11.2. The number of carbonyl (C=O) groups excluding carboxylic acids is 1. The number of hydrogen-bond donors (Lipinski definition) is 1. The predicted molar refractivity (Wildman–Crippen MR) is 70.5 cm³/mol. The second-order valence-corrected chi connectivity index (χ2v) is 4.34. The zero-order valence-electron chi connectivity index (χ0n) is 9.57. The molecule has 0 unspecified atom stereocenters. The van der Waals surface area contributed by atoms with E-state index in [1.165, 1.54) is 0 Å². The molecule has 0 aliphatic rings. The van der Waals surface area contributed by atoms with E-state index >= 15 is 0 Å². The number of rotatable bonds is 3. The van der Waals surface area contributed by atoms with Gasteiger partial charge < -0.3 is 9.88 Å². The number of aromatic nitrogens is 1. The highest BCUT2D eigenvalue weighted by molar-refractivity contribution is 6.31. The maximum atomic E-state index is 11.0. The molecular weight excluding hydrogens is 238 g/mol. The molecule has 1 aromatic heterocycles. The fourth-order valence-corrected chi connectivity index (χ4v) is 1.74. The minimum Gasteiger partial charge on any atom is -0.369 e. The average molecular weight is 250 g/mol. The largest absolute Gasteiger partial charge is 0.369 e. The molecule has 17 heavy (non-hydrogen) atoms. The van der Waals surface area contributed by atoms with Gasteiger partial charge in [0.2, 0.25) is 0 Å². The molecule has 0 saturated heterocycles. The van der Waals surface area contributed by atoms with Crippen molar-refractivity contribution in [1.29, 1.82) is 0 Å². The lowest BCUT2D eigenvalue weighted by molar-refractivity contribution is 0.112. The molecule has 2 aromatic rings. The van der Waals surface area contributed by atoms with Crippen LogP contribution in [0.25, 0.3) is 10.9 Å². The lowest BCUT2D eigenvalue weighted by Crippen LogP contribution is -2.07. The summed E-state index contributed by atoms with van der Waals surface area (Å²) in [7, 11) is 3.73. The van der Waals surface area contributed by atoms with Crippen LogP contribution < -0.4 is 0 Å². The Morgan fingerprint density at radius 2 is 2.18 bits per heavy atom. The number of aldehydes is 1. The lowest BCUT2D eigenvalue weighted by Gasteiger charge is -2.02. The summed E-state index contributed by atoms with van der Waals surface area (Å²) in [4.78, 5) is 20.1. The molecule has 0 aliphatic heterocycles. The third-order valence-electron chi connectivity index (χ3n) is 2.30. The molecule has 1 heterocycles. The zero-order chi connectivity index (χ0) is 12.4. The first-order valence-corrected chi connectivity index (χ1v) is 5.46. The molecule has 0 amide bonds. The first-order valence-electron chi connectivity index (χ1n) is 5.09. The van der Waals surface area contributed by atoms with Gasteiger partial charge in [-0.15, -0.1) is 0 Å². The SMILES string of the molecule is CN(C)C=Nc1c(C=O)[nH]c2ccc(Cl)cc12. The first kappa shape index (κ1) is 11.7. The van der Waals surface area contributed by atoms with Gasteiger partial charge in [-0.05, 0) is 18.2 Å². The summed E-state index contributed by atoms with van der Waals surface area (Å²) >= 11 is 5.94. The van der Waals surface area contributed by atoms with Crippen molar-refractivity contribution >= 4 is 40.8 Å². The van der Waals surface area contributed by atoms with Crippen LogP contribution >= 0.6 is 11.6 Å². The third-order valence-corrected chi connectivity index (χ3v) is 2.53. The third kappa shape index (κ3) is 2.31. The van der Waals surface area contributed by atoms with Crippen LogP contribution in [-0.2, 0) is 0 Å². The number of H-pyrrole nitrogens is 1. The first-order chi connectivity index (χ1) is 8.11. The van der Waals surface area contributed by atoms with E-state index in [1.54, 1.807) is 23.4 Å². The molecule has 88 valence electrons. The van der Waals surface area contributed by atoms with E-state index in [0.717, 1.165) is 17.2 Å². The second kappa shape index (κ2) is 4.59. The van der Waals surface area contributed by atoms with Crippen molar-refractivity contribution < 1.29 is 4.79 Å². The van der Waals surface area contributed by atoms with Crippen LogP contribution in [0.15, 0.2) is 23.2 Å². The molecular formula is C12H12ClN3O. The molecule has 0 aliphatic carbocycles. The van der Waals surface area contributed by atoms with E-state index < -0.39 is 0 Å². The van der Waals surface area contributed by atoms with E-state index in [9.17, 15) is 4.79 Å². The van der Waals surface area contributed by atoms with Crippen LogP contribution in [-0.4, -0.2) is 36.6 Å². The minimum atomic E-state index is 0.459. The van der Waals surface area contributed by atoms with E-state index in [0.29, 0.717) is 16.4 Å². The zero-order valence-corrected chi connectivity index (χ0v) is 10.3. The fraction of sp³-hybridized carbons (Fsp3) is 0.167. The van der Waals surface area contributed by atoms with Gasteiger partial charge in [0.25, 0.3) is 0 Å². The molecule has 0 radical (unpaired) electrons. The van der Waals surface area contributed by atoms with Crippen LogP contribution in [0.4, 0.5) is 5.69 Å². The quantitative estimate of drug-likeness (QED) is 0.517. The van der Waals surface area contributed by atoms with Crippen molar-refractivity contribution in [2.75, 3.05) is 14.1 Å². The molecule has 5 heteroatoms. The number of nitrogens with one attached hydrogen (secondary N) is 1. The van der Waals surface area contributed by atoms with Gasteiger partial charge in [-0.1, -0.05) is 11.6 Å². The number of carbonyl (C=O) groups is 1. The Morgan fingerprint density at radius 3 is 2.82 bits per heavy atom. The molecule has 0 bridgehead atoms. The highest BCUT2D eigenvalue weighted by atomic mass is 35.5. The molecule has 0 spiro atoms. The molecule has 0 saturated carbocycles. The Hall–Kier alpha value is -1.81. The fourth-order valence-electron chi connectivity index (χ4n) is 1.57. The lowest BCUT2D eigenvalue weighted by atomic mass is 10.2. The highest BCUT2D eigenvalue weighted by Gasteiger charge is 2.10. The number of aliphatic imine (C=N–C) groups is 1. The number of nitrogens with zero attached hydrogens (tertiary/aromatic N) is 2. The molecule has 4 nitrogen and oxygen atoms in total. The second-order valence-electron chi connectivity index (χ2n) is 3.90. The van der Waals surface area contributed by atoms with Crippen molar-refractivity contribution in [3.8, 4) is 0 Å². The van der Waals surface area contributed by atoms with Crippen LogP contribution in [0.1, 0.15) is 10.5 Å². The summed E-state index contributed by atoms with van der Waals surface area (Å²) < 4.78 is 0. The van der Waals surface area contributed by atoms with Crippen molar-refractivity contribution in [1.82, 2.24) is 9.88 Å². The van der Waals surface area contributed by atoms with Gasteiger partial charge in [0.1, 0.15) is 11.4 Å². The van der Waals surface area contributed by atoms with E-state index in [2.05, 4.69) is 9.98 Å². The maximum absolute atomic E-state index is 11.0. The predicted octanol–water partition coefficient (Wildman–Crippen LogP) is 2.86. The Labute approximate surface area is 104 Å². The van der Waals surface area contributed by atoms with Crippen molar-refractivity contribution in [2.45, 2.75) is 0 Å². The van der Waals surface area contributed by atoms with E-state index in [4.69, 9.17) is 11.6 Å². The number of fused-ring (bicyclic) bond motifs is 1. The Bertz CT molecular complexity index is 587. The topological polar surface area (TPSA) is 48.5 Å². The van der Waals surface area contributed by atoms with Gasteiger partial charge in [-0.3, -0.25) is 4.79 Å². The van der Waals surface area contributed by atoms with Gasteiger partial charge >= 0.3 is 0 Å². The summed E-state index contributed by atoms with van der Waals surface area (Å²) in [6, 6.07) is 5.40. The molecule has 2 rings (SSSR count). The summed E-state index contributed by atoms with van der Waals surface area (Å²) in [6.45, 7) is 0. The maximum Gasteiger partial charge on any atom is 0.168 e. The van der Waals surface area contributed by atoms with E-state index in [1.807, 2.05) is 20.2 Å². The Balaban J connectivity index is 2.64. The summed E-state index contributed by atoms with van der Waals surface area (Å²) in [6.07, 6.45) is 2.41. The molecule has 0 fully saturated rings. The van der Waals surface area contributed by atoms with Gasteiger partial charge in [0, 0.05) is 30.0 Å².